The van der Waals surface area contributed by atoms with Gasteiger partial charge in [-0.2, -0.15) is 9.97 Å². The molecule has 25 heavy (non-hydrogen) atoms. The van der Waals surface area contributed by atoms with E-state index >= 15 is 0 Å². The Morgan fingerprint density at radius 2 is 2.16 bits per heavy atom. The fraction of sp³-hybridized carbons (Fsp3) is 0.375. The van der Waals surface area contributed by atoms with E-state index in [0.29, 0.717) is 35.9 Å². The summed E-state index contributed by atoms with van der Waals surface area (Å²) in [5.41, 5.74) is 6.81. The van der Waals surface area contributed by atoms with E-state index < -0.39 is 5.82 Å². The Labute approximate surface area is 155 Å². The minimum Gasteiger partial charge on any atom is -0.467 e. The molecule has 4 N–H and O–H groups in total. The molecule has 136 valence electrons. The molecule has 0 radical (unpaired) electrons. The molecule has 0 saturated carbocycles. The molecule has 3 aromatic heterocycles. The van der Waals surface area contributed by atoms with Crippen LogP contribution in [0.15, 0.2) is 22.8 Å². The Bertz CT molecular complexity index is 835. The van der Waals surface area contributed by atoms with E-state index in [4.69, 9.17) is 21.8 Å². The van der Waals surface area contributed by atoms with Crippen LogP contribution in [0.3, 0.4) is 0 Å². The van der Waals surface area contributed by atoms with Gasteiger partial charge in [-0.3, -0.25) is 0 Å². The topological polar surface area (TPSA) is 92.8 Å². The summed E-state index contributed by atoms with van der Waals surface area (Å²) in [6.07, 6.45) is 1.96. The van der Waals surface area contributed by atoms with Crippen LogP contribution < -0.4 is 11.1 Å². The molecular weight excluding hydrogens is 368 g/mol. The molecule has 0 aliphatic carbocycles. The number of hydrogen-bond donors (Lipinski definition) is 3. The highest BCUT2D eigenvalue weighted by Gasteiger charge is 2.21. The van der Waals surface area contributed by atoms with Gasteiger partial charge in [0.05, 0.1) is 23.9 Å². The van der Waals surface area contributed by atoms with Crippen molar-refractivity contribution < 1.29 is 8.81 Å². The number of hydrogen-bond acceptors (Lipinski definition) is 5. The van der Waals surface area contributed by atoms with Gasteiger partial charge in [-0.25, -0.2) is 4.39 Å². The smallest absolute Gasteiger partial charge is 0.226 e. The lowest BCUT2D eigenvalue weighted by molar-refractivity contribution is 0.477. The van der Waals surface area contributed by atoms with Crippen LogP contribution >= 0.6 is 24.0 Å². The first kappa shape index (κ1) is 19.5. The van der Waals surface area contributed by atoms with Crippen LogP contribution in [-0.4, -0.2) is 21.0 Å². The first-order valence-corrected chi connectivity index (χ1v) is 8.09. The second-order valence-electron chi connectivity index (χ2n) is 6.03. The number of H-pyrrole nitrogens is 1. The highest BCUT2D eigenvalue weighted by molar-refractivity contribution is 6.28. The van der Waals surface area contributed by atoms with Gasteiger partial charge in [-0.1, -0.05) is 13.8 Å². The van der Waals surface area contributed by atoms with Crippen LogP contribution in [0.25, 0.3) is 11.0 Å². The van der Waals surface area contributed by atoms with Gasteiger partial charge in [-0.15, -0.1) is 12.4 Å². The van der Waals surface area contributed by atoms with Crippen molar-refractivity contribution in [3.8, 4) is 0 Å². The molecule has 0 spiro atoms. The number of aromatic nitrogens is 3. The maximum atomic E-state index is 14.8. The maximum absolute atomic E-state index is 14.8. The zero-order valence-electron chi connectivity index (χ0n) is 13.8. The number of furan rings is 1. The molecule has 3 rings (SSSR count). The third-order valence-electron chi connectivity index (χ3n) is 3.94. The lowest BCUT2D eigenvalue weighted by atomic mass is 10.0. The number of anilines is 1. The van der Waals surface area contributed by atoms with E-state index in [2.05, 4.69) is 20.3 Å². The highest BCUT2D eigenvalue weighted by Crippen LogP contribution is 2.28. The molecule has 3 heterocycles. The van der Waals surface area contributed by atoms with Gasteiger partial charge < -0.3 is 20.5 Å². The predicted molar refractivity (Wildman–Crippen MR) is 98.7 cm³/mol. The van der Waals surface area contributed by atoms with Gasteiger partial charge >= 0.3 is 0 Å². The van der Waals surface area contributed by atoms with E-state index in [1.165, 1.54) is 0 Å². The standard InChI is InChI=1S/C16H19ClFN5O.ClH/c1-8(2)10(19)6-11-13(18)12-14(20-7-9-4-3-5-24-9)22-16(17)23-15(12)21-11;/h3-5,8,10H,6-7,19H2,1-2H3,(H2,20,21,22,23);1H. The van der Waals surface area contributed by atoms with E-state index in [9.17, 15) is 4.39 Å². The van der Waals surface area contributed by atoms with Crippen LogP contribution in [0, 0.1) is 11.7 Å². The normalized spacial score (nSPS) is 12.4. The fourth-order valence-electron chi connectivity index (χ4n) is 2.40. The molecule has 9 heteroatoms. The van der Waals surface area contributed by atoms with Crippen molar-refractivity contribution in [3.63, 3.8) is 0 Å². The summed E-state index contributed by atoms with van der Waals surface area (Å²) < 4.78 is 20.1. The Hall–Kier alpha value is -1.83. The number of nitrogens with two attached hydrogens (primary N) is 1. The van der Waals surface area contributed by atoms with Crippen LogP contribution in [0.1, 0.15) is 25.3 Å². The van der Waals surface area contributed by atoms with Gasteiger partial charge in [0.2, 0.25) is 5.28 Å². The largest absolute Gasteiger partial charge is 0.467 e. The van der Waals surface area contributed by atoms with Crippen molar-refractivity contribution in [3.05, 3.63) is 41.0 Å². The molecule has 0 aliphatic heterocycles. The second-order valence-corrected chi connectivity index (χ2v) is 6.37. The maximum Gasteiger partial charge on any atom is 0.226 e. The monoisotopic (exact) mass is 387 g/mol. The van der Waals surface area contributed by atoms with Gasteiger partial charge in [0.15, 0.2) is 5.82 Å². The van der Waals surface area contributed by atoms with E-state index in [-0.39, 0.29) is 35.0 Å². The molecule has 0 aliphatic rings. The van der Waals surface area contributed by atoms with Crippen molar-refractivity contribution in [1.29, 1.82) is 0 Å². The van der Waals surface area contributed by atoms with Gasteiger partial charge in [0, 0.05) is 12.5 Å². The summed E-state index contributed by atoms with van der Waals surface area (Å²) in [5.74, 6) is 0.858. The second kappa shape index (κ2) is 8.03. The third-order valence-corrected chi connectivity index (χ3v) is 4.11. The lowest BCUT2D eigenvalue weighted by Gasteiger charge is -2.14. The van der Waals surface area contributed by atoms with Gasteiger partial charge in [0.25, 0.3) is 0 Å². The molecule has 6 nitrogen and oxygen atoms in total. The Morgan fingerprint density at radius 3 is 2.80 bits per heavy atom. The number of fused-ring (bicyclic) bond motifs is 1. The number of aromatic amines is 1. The molecule has 3 aromatic rings. The van der Waals surface area contributed by atoms with Crippen LogP contribution in [0.5, 0.6) is 0 Å². The molecule has 0 aromatic carbocycles. The average molecular weight is 388 g/mol. The Balaban J connectivity index is 0.00000225. The predicted octanol–water partition coefficient (Wildman–Crippen LogP) is 3.90. The molecular formula is C16H20Cl2FN5O. The minimum atomic E-state index is -0.403. The van der Waals surface area contributed by atoms with E-state index in [1.807, 2.05) is 19.9 Å². The number of rotatable bonds is 6. The Morgan fingerprint density at radius 1 is 1.40 bits per heavy atom. The summed E-state index contributed by atoms with van der Waals surface area (Å²) in [6, 6.07) is 3.44. The van der Waals surface area contributed by atoms with Gasteiger partial charge in [0.1, 0.15) is 17.2 Å². The van der Waals surface area contributed by atoms with Crippen molar-refractivity contribution in [1.82, 2.24) is 15.0 Å². The number of nitrogens with one attached hydrogen (secondary N) is 2. The third kappa shape index (κ3) is 4.23. The van der Waals surface area contributed by atoms with E-state index in [1.54, 1.807) is 12.3 Å². The van der Waals surface area contributed by atoms with Crippen molar-refractivity contribution in [2.75, 3.05) is 5.32 Å². The summed E-state index contributed by atoms with van der Waals surface area (Å²) >= 11 is 5.95. The first-order valence-electron chi connectivity index (χ1n) is 7.71. The van der Waals surface area contributed by atoms with Crippen molar-refractivity contribution in [2.24, 2.45) is 11.7 Å². The zero-order chi connectivity index (χ0) is 17.3. The number of halogens is 3. The van der Waals surface area contributed by atoms with Crippen molar-refractivity contribution in [2.45, 2.75) is 32.9 Å². The number of nitrogens with zero attached hydrogens (tertiary/aromatic N) is 2. The lowest BCUT2D eigenvalue weighted by Crippen LogP contribution is -2.29. The quantitative estimate of drug-likeness (QED) is 0.557. The van der Waals surface area contributed by atoms with Crippen LogP contribution in [0.4, 0.5) is 10.2 Å². The molecule has 0 bridgehead atoms. The molecule has 0 amide bonds. The first-order chi connectivity index (χ1) is 11.5. The molecule has 0 saturated heterocycles. The zero-order valence-corrected chi connectivity index (χ0v) is 15.4. The highest BCUT2D eigenvalue weighted by atomic mass is 35.5. The Kier molecular flexibility index (Phi) is 6.26. The molecule has 1 atom stereocenters. The summed E-state index contributed by atoms with van der Waals surface area (Å²) in [6.45, 7) is 4.36. The summed E-state index contributed by atoms with van der Waals surface area (Å²) in [7, 11) is 0. The average Bonchev–Trinajstić information content (AvgIpc) is 3.13. The summed E-state index contributed by atoms with van der Waals surface area (Å²) in [5, 5.41) is 3.35. The summed E-state index contributed by atoms with van der Waals surface area (Å²) in [4.78, 5) is 11.1. The van der Waals surface area contributed by atoms with E-state index in [0.717, 1.165) is 0 Å². The van der Waals surface area contributed by atoms with Crippen LogP contribution in [-0.2, 0) is 13.0 Å². The minimum absolute atomic E-state index is 0. The van der Waals surface area contributed by atoms with Crippen LogP contribution in [0.2, 0.25) is 5.28 Å². The molecule has 1 unspecified atom stereocenters. The SMILES string of the molecule is CC(C)C(N)Cc1[nH]c2nc(Cl)nc(NCc3ccco3)c2c1F.Cl. The fourth-order valence-corrected chi connectivity index (χ4v) is 2.57. The van der Waals surface area contributed by atoms with Crippen molar-refractivity contribution >= 4 is 40.9 Å². The van der Waals surface area contributed by atoms with Gasteiger partial charge in [-0.05, 0) is 29.7 Å². The molecule has 0 fully saturated rings.